The van der Waals surface area contributed by atoms with E-state index in [2.05, 4.69) is 14.7 Å². The number of thioether (sulfide) groups is 1. The van der Waals surface area contributed by atoms with E-state index in [4.69, 9.17) is 5.73 Å². The van der Waals surface area contributed by atoms with E-state index < -0.39 is 0 Å². The zero-order valence-corrected chi connectivity index (χ0v) is 9.12. The summed E-state index contributed by atoms with van der Waals surface area (Å²) in [4.78, 5) is 5.00. The summed E-state index contributed by atoms with van der Waals surface area (Å²) in [6.45, 7) is 1.99. The molecule has 0 aliphatic heterocycles. The molecule has 0 bridgehead atoms. The molecule has 15 heavy (non-hydrogen) atoms. The first-order valence-corrected chi connectivity index (χ1v) is 5.49. The summed E-state index contributed by atoms with van der Waals surface area (Å²) >= 11 is 1.61. The third kappa shape index (κ3) is 2.30. The smallest absolute Gasteiger partial charge is 0.213 e. The Morgan fingerprint density at radius 1 is 1.47 bits per heavy atom. The van der Waals surface area contributed by atoms with E-state index in [9.17, 15) is 0 Å². The number of para-hydroxylation sites is 1. The molecule has 0 radical (unpaired) electrons. The Balaban J connectivity index is 2.08. The van der Waals surface area contributed by atoms with Crippen LogP contribution in [0, 0.1) is 6.92 Å². The van der Waals surface area contributed by atoms with Gasteiger partial charge in [-0.3, -0.25) is 0 Å². The van der Waals surface area contributed by atoms with Crippen molar-refractivity contribution in [2.24, 2.45) is 0 Å². The lowest BCUT2D eigenvalue weighted by atomic mass is 10.2. The standard InChI is InChI=1S/C10H11N3OS/c1-7-3-2-4-8(10(7)11)15-5-9-12-6-14-13-9/h2-4,6H,5,11H2,1H3. The lowest BCUT2D eigenvalue weighted by Gasteiger charge is -2.05. The predicted molar refractivity (Wildman–Crippen MR) is 59.5 cm³/mol. The van der Waals surface area contributed by atoms with E-state index in [1.165, 1.54) is 6.39 Å². The maximum atomic E-state index is 5.94. The molecule has 0 unspecified atom stereocenters. The fraction of sp³-hybridized carbons (Fsp3) is 0.200. The van der Waals surface area contributed by atoms with Crippen LogP contribution in [0.15, 0.2) is 34.0 Å². The highest BCUT2D eigenvalue weighted by molar-refractivity contribution is 7.98. The van der Waals surface area contributed by atoms with Crippen LogP contribution < -0.4 is 5.73 Å². The number of rotatable bonds is 3. The highest BCUT2D eigenvalue weighted by Crippen LogP contribution is 2.29. The Morgan fingerprint density at radius 3 is 3.07 bits per heavy atom. The second-order valence-corrected chi connectivity index (χ2v) is 4.14. The molecule has 1 heterocycles. The molecule has 0 fully saturated rings. The quantitative estimate of drug-likeness (QED) is 0.636. The second kappa shape index (κ2) is 4.35. The summed E-state index contributed by atoms with van der Waals surface area (Å²) in [7, 11) is 0. The van der Waals surface area contributed by atoms with Gasteiger partial charge in [-0.15, -0.1) is 11.8 Å². The van der Waals surface area contributed by atoms with Gasteiger partial charge in [-0.25, -0.2) is 0 Å². The fourth-order valence-electron chi connectivity index (χ4n) is 1.18. The van der Waals surface area contributed by atoms with Crippen molar-refractivity contribution in [2.75, 3.05) is 5.73 Å². The van der Waals surface area contributed by atoms with Crippen LogP contribution in [-0.4, -0.2) is 10.1 Å². The summed E-state index contributed by atoms with van der Waals surface area (Å²) in [6.07, 6.45) is 1.33. The van der Waals surface area contributed by atoms with Crippen LogP contribution in [0.4, 0.5) is 5.69 Å². The molecule has 0 aliphatic carbocycles. The normalized spacial score (nSPS) is 10.5. The molecule has 4 nitrogen and oxygen atoms in total. The summed E-state index contributed by atoms with van der Waals surface area (Å²) < 4.78 is 4.65. The molecule has 1 aromatic heterocycles. The molecular formula is C10H11N3OS. The molecule has 5 heteroatoms. The van der Waals surface area contributed by atoms with Crippen molar-refractivity contribution in [2.45, 2.75) is 17.6 Å². The molecule has 1 aromatic carbocycles. The number of hydrogen-bond donors (Lipinski definition) is 1. The SMILES string of the molecule is Cc1cccc(SCc2ncon2)c1N. The first-order valence-electron chi connectivity index (χ1n) is 4.50. The highest BCUT2D eigenvalue weighted by atomic mass is 32.2. The number of aromatic nitrogens is 2. The Labute approximate surface area is 91.9 Å². The van der Waals surface area contributed by atoms with Gasteiger partial charge in [0.05, 0.1) is 5.75 Å². The van der Waals surface area contributed by atoms with Crippen molar-refractivity contribution in [1.82, 2.24) is 10.1 Å². The highest BCUT2D eigenvalue weighted by Gasteiger charge is 2.04. The largest absolute Gasteiger partial charge is 0.398 e. The molecule has 0 saturated heterocycles. The lowest BCUT2D eigenvalue weighted by Crippen LogP contribution is -1.92. The monoisotopic (exact) mass is 221 g/mol. The van der Waals surface area contributed by atoms with E-state index in [0.717, 1.165) is 16.1 Å². The molecule has 2 aromatic rings. The number of anilines is 1. The Bertz CT molecular complexity index is 442. The first kappa shape index (κ1) is 10.0. The summed E-state index contributed by atoms with van der Waals surface area (Å²) in [5.74, 6) is 1.35. The van der Waals surface area contributed by atoms with E-state index in [-0.39, 0.29) is 0 Å². The van der Waals surface area contributed by atoms with Gasteiger partial charge in [0, 0.05) is 10.6 Å². The van der Waals surface area contributed by atoms with Crippen molar-refractivity contribution >= 4 is 17.4 Å². The van der Waals surface area contributed by atoms with Gasteiger partial charge >= 0.3 is 0 Å². The minimum atomic E-state index is 0.671. The lowest BCUT2D eigenvalue weighted by molar-refractivity contribution is 0.412. The molecule has 78 valence electrons. The van der Waals surface area contributed by atoms with Gasteiger partial charge in [0.2, 0.25) is 6.39 Å². The maximum absolute atomic E-state index is 5.94. The second-order valence-electron chi connectivity index (χ2n) is 3.12. The third-order valence-electron chi connectivity index (χ3n) is 2.05. The van der Waals surface area contributed by atoms with Crippen molar-refractivity contribution in [3.8, 4) is 0 Å². The van der Waals surface area contributed by atoms with Gasteiger partial charge < -0.3 is 10.3 Å². The van der Waals surface area contributed by atoms with Crippen LogP contribution >= 0.6 is 11.8 Å². The maximum Gasteiger partial charge on any atom is 0.213 e. The van der Waals surface area contributed by atoms with E-state index in [1.807, 2.05) is 25.1 Å². The number of nitrogens with two attached hydrogens (primary N) is 1. The van der Waals surface area contributed by atoms with E-state index in [0.29, 0.717) is 11.6 Å². The van der Waals surface area contributed by atoms with Crippen molar-refractivity contribution < 1.29 is 4.52 Å². The van der Waals surface area contributed by atoms with E-state index >= 15 is 0 Å². The minimum Gasteiger partial charge on any atom is -0.398 e. The zero-order chi connectivity index (χ0) is 10.7. The predicted octanol–water partition coefficient (Wildman–Crippen LogP) is 2.25. The summed E-state index contributed by atoms with van der Waals surface area (Å²) in [6, 6.07) is 5.98. The van der Waals surface area contributed by atoms with Crippen molar-refractivity contribution in [1.29, 1.82) is 0 Å². The number of hydrogen-bond acceptors (Lipinski definition) is 5. The Kier molecular flexibility index (Phi) is 2.91. The molecule has 0 amide bonds. The van der Waals surface area contributed by atoms with Crippen LogP contribution in [0.1, 0.15) is 11.4 Å². The average Bonchev–Trinajstić information content (AvgIpc) is 2.73. The van der Waals surface area contributed by atoms with Crippen molar-refractivity contribution in [3.05, 3.63) is 36.0 Å². The Hall–Kier alpha value is -1.49. The summed E-state index contributed by atoms with van der Waals surface area (Å²) in [5, 5.41) is 3.74. The molecule has 0 aliphatic rings. The molecule has 0 atom stereocenters. The summed E-state index contributed by atoms with van der Waals surface area (Å²) in [5.41, 5.74) is 7.85. The van der Waals surface area contributed by atoms with Crippen LogP contribution in [0.5, 0.6) is 0 Å². The molecule has 2 rings (SSSR count). The topological polar surface area (TPSA) is 64.9 Å². The van der Waals surface area contributed by atoms with Crippen LogP contribution in [0.25, 0.3) is 0 Å². The molecular weight excluding hydrogens is 210 g/mol. The minimum absolute atomic E-state index is 0.671. The van der Waals surface area contributed by atoms with Gasteiger partial charge in [-0.2, -0.15) is 4.98 Å². The average molecular weight is 221 g/mol. The van der Waals surface area contributed by atoms with Gasteiger partial charge in [-0.1, -0.05) is 17.3 Å². The zero-order valence-electron chi connectivity index (χ0n) is 8.30. The van der Waals surface area contributed by atoms with Crippen LogP contribution in [0.2, 0.25) is 0 Å². The first-order chi connectivity index (χ1) is 7.27. The van der Waals surface area contributed by atoms with Gasteiger partial charge in [0.25, 0.3) is 0 Å². The molecule has 2 N–H and O–H groups in total. The molecule has 0 saturated carbocycles. The number of aryl methyl sites for hydroxylation is 1. The van der Waals surface area contributed by atoms with Gasteiger partial charge in [0.15, 0.2) is 5.82 Å². The molecule has 0 spiro atoms. The van der Waals surface area contributed by atoms with Crippen LogP contribution in [0.3, 0.4) is 0 Å². The van der Waals surface area contributed by atoms with Gasteiger partial charge in [-0.05, 0) is 18.6 Å². The Morgan fingerprint density at radius 2 is 2.33 bits per heavy atom. The number of benzene rings is 1. The third-order valence-corrected chi connectivity index (χ3v) is 3.12. The number of nitrogen functional groups attached to an aromatic ring is 1. The number of nitrogens with zero attached hydrogens (tertiary/aromatic N) is 2. The fourth-order valence-corrected chi connectivity index (χ4v) is 2.08. The van der Waals surface area contributed by atoms with Crippen molar-refractivity contribution in [3.63, 3.8) is 0 Å². The van der Waals surface area contributed by atoms with Crippen LogP contribution in [-0.2, 0) is 5.75 Å². The van der Waals surface area contributed by atoms with E-state index in [1.54, 1.807) is 11.8 Å². The van der Waals surface area contributed by atoms with Gasteiger partial charge in [0.1, 0.15) is 0 Å².